The van der Waals surface area contributed by atoms with Gasteiger partial charge in [-0.1, -0.05) is 0 Å². The van der Waals surface area contributed by atoms with E-state index in [9.17, 15) is 8.78 Å². The van der Waals surface area contributed by atoms with Gasteiger partial charge in [-0.15, -0.1) is 0 Å². The van der Waals surface area contributed by atoms with Crippen molar-refractivity contribution in [3.05, 3.63) is 42.1 Å². The quantitative estimate of drug-likeness (QED) is 0.740. The lowest BCUT2D eigenvalue weighted by atomic mass is 10.1. The molecule has 17 heavy (non-hydrogen) atoms. The molecule has 1 aromatic heterocycles. The second kappa shape index (κ2) is 3.95. The molecule has 0 N–H and O–H groups in total. The summed E-state index contributed by atoms with van der Waals surface area (Å²) in [6.45, 7) is 5.93. The Labute approximate surface area is 98.9 Å². The van der Waals surface area contributed by atoms with E-state index in [4.69, 9.17) is 0 Å². The predicted octanol–water partition coefficient (Wildman–Crippen LogP) is 3.58. The SMILES string of the molecule is CC(C)(C)n1nccc1-c1ccc(F)cc1F. The van der Waals surface area contributed by atoms with Gasteiger partial charge in [0.05, 0.1) is 11.2 Å². The van der Waals surface area contributed by atoms with Crippen molar-refractivity contribution < 1.29 is 8.78 Å². The molecule has 0 aliphatic heterocycles. The molecule has 2 rings (SSSR count). The van der Waals surface area contributed by atoms with E-state index in [0.717, 1.165) is 6.07 Å². The number of benzene rings is 1. The normalized spacial score (nSPS) is 11.8. The van der Waals surface area contributed by atoms with Crippen molar-refractivity contribution >= 4 is 0 Å². The van der Waals surface area contributed by atoms with Crippen LogP contribution in [0.25, 0.3) is 11.3 Å². The molecule has 2 aromatic rings. The highest BCUT2D eigenvalue weighted by Gasteiger charge is 2.19. The summed E-state index contributed by atoms with van der Waals surface area (Å²) in [6, 6.07) is 5.29. The summed E-state index contributed by atoms with van der Waals surface area (Å²) in [5, 5.41) is 4.18. The van der Waals surface area contributed by atoms with Gasteiger partial charge in [0.25, 0.3) is 0 Å². The Morgan fingerprint density at radius 1 is 1.12 bits per heavy atom. The Morgan fingerprint density at radius 2 is 1.82 bits per heavy atom. The van der Waals surface area contributed by atoms with Crippen molar-refractivity contribution in [1.29, 1.82) is 0 Å². The Morgan fingerprint density at radius 3 is 2.41 bits per heavy atom. The van der Waals surface area contributed by atoms with Crippen molar-refractivity contribution in [2.75, 3.05) is 0 Å². The van der Waals surface area contributed by atoms with Gasteiger partial charge in [0, 0.05) is 17.8 Å². The van der Waals surface area contributed by atoms with E-state index >= 15 is 0 Å². The van der Waals surface area contributed by atoms with Crippen molar-refractivity contribution in [3.8, 4) is 11.3 Å². The summed E-state index contributed by atoms with van der Waals surface area (Å²) in [5.74, 6) is -1.15. The largest absolute Gasteiger partial charge is 0.260 e. The molecule has 0 amide bonds. The van der Waals surface area contributed by atoms with E-state index < -0.39 is 11.6 Å². The van der Waals surface area contributed by atoms with Gasteiger partial charge < -0.3 is 0 Å². The molecule has 0 aliphatic carbocycles. The van der Waals surface area contributed by atoms with Gasteiger partial charge in [-0.05, 0) is 39.0 Å². The maximum Gasteiger partial charge on any atom is 0.135 e. The monoisotopic (exact) mass is 236 g/mol. The highest BCUT2D eigenvalue weighted by atomic mass is 19.1. The summed E-state index contributed by atoms with van der Waals surface area (Å²) < 4.78 is 28.3. The van der Waals surface area contributed by atoms with Crippen LogP contribution in [0.2, 0.25) is 0 Å². The second-order valence-corrected chi connectivity index (χ2v) is 4.92. The standard InChI is InChI=1S/C13H14F2N2/c1-13(2,3)17-12(6-7-16-17)10-5-4-9(14)8-11(10)15/h4-8H,1-3H3. The maximum absolute atomic E-state index is 13.7. The van der Waals surface area contributed by atoms with E-state index in [-0.39, 0.29) is 5.54 Å². The first-order valence-corrected chi connectivity index (χ1v) is 5.39. The molecule has 0 saturated heterocycles. The Bertz CT molecular complexity index is 539. The Balaban J connectivity index is 2.58. The molecule has 4 heteroatoms. The number of rotatable bonds is 1. The van der Waals surface area contributed by atoms with Crippen molar-refractivity contribution in [2.24, 2.45) is 0 Å². The smallest absolute Gasteiger partial charge is 0.135 e. The first kappa shape index (κ1) is 11.8. The maximum atomic E-state index is 13.7. The van der Waals surface area contributed by atoms with Gasteiger partial charge in [-0.25, -0.2) is 8.78 Å². The molecule has 1 heterocycles. The lowest BCUT2D eigenvalue weighted by Gasteiger charge is -2.22. The zero-order valence-corrected chi connectivity index (χ0v) is 10.0. The zero-order chi connectivity index (χ0) is 12.6. The number of halogens is 2. The number of hydrogen-bond acceptors (Lipinski definition) is 1. The fraction of sp³-hybridized carbons (Fsp3) is 0.308. The number of hydrogen-bond donors (Lipinski definition) is 0. The lowest BCUT2D eigenvalue weighted by Crippen LogP contribution is -2.24. The van der Waals surface area contributed by atoms with Crippen molar-refractivity contribution in [3.63, 3.8) is 0 Å². The van der Waals surface area contributed by atoms with Gasteiger partial charge in [0.15, 0.2) is 0 Å². The summed E-state index contributed by atoms with van der Waals surface area (Å²) in [7, 11) is 0. The minimum Gasteiger partial charge on any atom is -0.260 e. The molecule has 0 aliphatic rings. The van der Waals surface area contributed by atoms with E-state index in [1.807, 2.05) is 20.8 Å². The van der Waals surface area contributed by atoms with Crippen molar-refractivity contribution in [1.82, 2.24) is 9.78 Å². The van der Waals surface area contributed by atoms with Crippen LogP contribution < -0.4 is 0 Å². The fourth-order valence-corrected chi connectivity index (χ4v) is 1.74. The Hall–Kier alpha value is -1.71. The van der Waals surface area contributed by atoms with E-state index in [0.29, 0.717) is 11.3 Å². The molecule has 0 spiro atoms. The molecule has 1 aromatic carbocycles. The van der Waals surface area contributed by atoms with Gasteiger partial charge in [0.2, 0.25) is 0 Å². The second-order valence-electron chi connectivity index (χ2n) is 4.92. The molecule has 0 bridgehead atoms. The van der Waals surface area contributed by atoms with Gasteiger partial charge >= 0.3 is 0 Å². The molecule has 0 atom stereocenters. The van der Waals surface area contributed by atoms with Crippen LogP contribution in [0.4, 0.5) is 8.78 Å². The van der Waals surface area contributed by atoms with Crippen LogP contribution in [0.1, 0.15) is 20.8 Å². The molecular formula is C13H14F2N2. The zero-order valence-electron chi connectivity index (χ0n) is 10.0. The Kier molecular flexibility index (Phi) is 2.73. The van der Waals surface area contributed by atoms with Crippen LogP contribution in [0.15, 0.2) is 30.5 Å². The summed E-state index contributed by atoms with van der Waals surface area (Å²) in [6.07, 6.45) is 1.61. The lowest BCUT2D eigenvalue weighted by molar-refractivity contribution is 0.359. The topological polar surface area (TPSA) is 17.8 Å². The number of aromatic nitrogens is 2. The molecule has 90 valence electrons. The highest BCUT2D eigenvalue weighted by molar-refractivity contribution is 5.60. The van der Waals surface area contributed by atoms with Crippen LogP contribution in [-0.2, 0) is 5.54 Å². The summed E-state index contributed by atoms with van der Waals surface area (Å²) in [5.41, 5.74) is 0.758. The average Bonchev–Trinajstić information content (AvgIpc) is 2.65. The van der Waals surface area contributed by atoms with Crippen LogP contribution >= 0.6 is 0 Å². The van der Waals surface area contributed by atoms with Crippen molar-refractivity contribution in [2.45, 2.75) is 26.3 Å². The number of nitrogens with zero attached hydrogens (tertiary/aromatic N) is 2. The molecule has 0 fully saturated rings. The van der Waals surface area contributed by atoms with E-state index in [1.165, 1.54) is 12.1 Å². The minimum atomic E-state index is -0.576. The van der Waals surface area contributed by atoms with Gasteiger partial charge in [0.1, 0.15) is 11.6 Å². The minimum absolute atomic E-state index is 0.250. The molecular weight excluding hydrogens is 222 g/mol. The first-order valence-electron chi connectivity index (χ1n) is 5.39. The van der Waals surface area contributed by atoms with E-state index in [1.54, 1.807) is 16.9 Å². The third kappa shape index (κ3) is 2.20. The third-order valence-corrected chi connectivity index (χ3v) is 2.49. The van der Waals surface area contributed by atoms with Crippen LogP contribution in [0, 0.1) is 11.6 Å². The molecule has 0 radical (unpaired) electrons. The van der Waals surface area contributed by atoms with Gasteiger partial charge in [-0.3, -0.25) is 4.68 Å². The third-order valence-electron chi connectivity index (χ3n) is 2.49. The van der Waals surface area contributed by atoms with Gasteiger partial charge in [-0.2, -0.15) is 5.10 Å². The van der Waals surface area contributed by atoms with Crippen LogP contribution in [-0.4, -0.2) is 9.78 Å². The summed E-state index contributed by atoms with van der Waals surface area (Å²) >= 11 is 0. The average molecular weight is 236 g/mol. The van der Waals surface area contributed by atoms with Crippen LogP contribution in [0.5, 0.6) is 0 Å². The van der Waals surface area contributed by atoms with E-state index in [2.05, 4.69) is 5.10 Å². The first-order chi connectivity index (χ1) is 7.89. The molecule has 2 nitrogen and oxygen atoms in total. The van der Waals surface area contributed by atoms with Crippen LogP contribution in [0.3, 0.4) is 0 Å². The highest BCUT2D eigenvalue weighted by Crippen LogP contribution is 2.27. The predicted molar refractivity (Wildman–Crippen MR) is 62.6 cm³/mol. The fourth-order valence-electron chi connectivity index (χ4n) is 1.74. The molecule has 0 saturated carbocycles. The summed E-state index contributed by atoms with van der Waals surface area (Å²) in [4.78, 5) is 0. The molecule has 0 unspecified atom stereocenters.